The van der Waals surface area contributed by atoms with E-state index in [9.17, 15) is 0 Å². The van der Waals surface area contributed by atoms with Crippen molar-refractivity contribution >= 4 is 11.6 Å². The van der Waals surface area contributed by atoms with Gasteiger partial charge >= 0.3 is 0 Å². The van der Waals surface area contributed by atoms with Gasteiger partial charge in [-0.15, -0.1) is 0 Å². The van der Waals surface area contributed by atoms with Gasteiger partial charge in [0, 0.05) is 30.1 Å². The van der Waals surface area contributed by atoms with Gasteiger partial charge in [0.25, 0.3) is 0 Å². The topological polar surface area (TPSA) is 30.5 Å². The van der Waals surface area contributed by atoms with Gasteiger partial charge in [-0.2, -0.15) is 0 Å². The van der Waals surface area contributed by atoms with E-state index in [1.807, 2.05) is 12.1 Å². The third-order valence-electron chi connectivity index (χ3n) is 4.08. The van der Waals surface area contributed by atoms with Crippen LogP contribution in [0.15, 0.2) is 12.1 Å². The van der Waals surface area contributed by atoms with Crippen LogP contribution in [0.3, 0.4) is 0 Å². The average molecular weight is 296 g/mol. The SMILES string of the molecule is Clc1cc2c(c(CNCCOC3CCCC3)c1)OCC2. The summed E-state index contributed by atoms with van der Waals surface area (Å²) in [5, 5.41) is 4.22. The van der Waals surface area contributed by atoms with Crippen LogP contribution < -0.4 is 10.1 Å². The molecule has 110 valence electrons. The summed E-state index contributed by atoms with van der Waals surface area (Å²) in [6.45, 7) is 3.22. The van der Waals surface area contributed by atoms with Crippen LogP contribution >= 0.6 is 11.6 Å². The first kappa shape index (κ1) is 14.2. The Morgan fingerprint density at radius 3 is 3.00 bits per heavy atom. The van der Waals surface area contributed by atoms with Crippen LogP contribution in [0.25, 0.3) is 0 Å². The molecule has 4 heteroatoms. The second-order valence-corrected chi connectivity index (χ2v) is 6.04. The Morgan fingerprint density at radius 1 is 1.30 bits per heavy atom. The molecule has 0 spiro atoms. The zero-order valence-electron chi connectivity index (χ0n) is 11.8. The lowest BCUT2D eigenvalue weighted by atomic mass is 10.1. The fourth-order valence-electron chi connectivity index (χ4n) is 3.05. The molecule has 0 radical (unpaired) electrons. The summed E-state index contributed by atoms with van der Waals surface area (Å²) >= 11 is 6.15. The Morgan fingerprint density at radius 2 is 2.15 bits per heavy atom. The molecule has 0 bridgehead atoms. The Hall–Kier alpha value is -0.770. The first-order valence-electron chi connectivity index (χ1n) is 7.59. The highest BCUT2D eigenvalue weighted by Crippen LogP contribution is 2.32. The van der Waals surface area contributed by atoms with Crippen LogP contribution in [-0.4, -0.2) is 25.9 Å². The van der Waals surface area contributed by atoms with Crippen LogP contribution in [0.1, 0.15) is 36.8 Å². The molecule has 1 aromatic rings. The van der Waals surface area contributed by atoms with Gasteiger partial charge in [-0.3, -0.25) is 0 Å². The van der Waals surface area contributed by atoms with Crippen LogP contribution in [0.4, 0.5) is 0 Å². The number of halogens is 1. The summed E-state index contributed by atoms with van der Waals surface area (Å²) in [7, 11) is 0. The van der Waals surface area contributed by atoms with Crippen LogP contribution in [0, 0.1) is 0 Å². The predicted octanol–water partition coefficient (Wildman–Crippen LogP) is 3.32. The molecule has 1 N–H and O–H groups in total. The summed E-state index contributed by atoms with van der Waals surface area (Å²) in [4.78, 5) is 0. The van der Waals surface area contributed by atoms with E-state index in [0.29, 0.717) is 6.10 Å². The van der Waals surface area contributed by atoms with Crippen molar-refractivity contribution < 1.29 is 9.47 Å². The summed E-state index contributed by atoms with van der Waals surface area (Å²) in [5.41, 5.74) is 2.39. The van der Waals surface area contributed by atoms with Crippen molar-refractivity contribution in [2.45, 2.75) is 44.8 Å². The molecule has 1 saturated carbocycles. The van der Waals surface area contributed by atoms with Crippen molar-refractivity contribution in [2.24, 2.45) is 0 Å². The van der Waals surface area contributed by atoms with Gasteiger partial charge in [0.2, 0.25) is 0 Å². The van der Waals surface area contributed by atoms with E-state index < -0.39 is 0 Å². The van der Waals surface area contributed by atoms with Gasteiger partial charge in [-0.05, 0) is 30.5 Å². The second kappa shape index (κ2) is 6.79. The highest BCUT2D eigenvalue weighted by molar-refractivity contribution is 6.30. The molecule has 3 rings (SSSR count). The molecule has 1 aromatic carbocycles. The molecule has 3 nitrogen and oxygen atoms in total. The molecule has 0 unspecified atom stereocenters. The maximum Gasteiger partial charge on any atom is 0.127 e. The number of rotatable bonds is 6. The summed E-state index contributed by atoms with van der Waals surface area (Å²) in [6, 6.07) is 4.01. The Bertz CT molecular complexity index is 458. The number of nitrogens with one attached hydrogen (secondary N) is 1. The predicted molar refractivity (Wildman–Crippen MR) is 80.6 cm³/mol. The monoisotopic (exact) mass is 295 g/mol. The summed E-state index contributed by atoms with van der Waals surface area (Å²) < 4.78 is 11.5. The standard InChI is InChI=1S/C16H22ClNO2/c17-14-9-12-5-7-20-16(12)13(10-14)11-18-6-8-19-15-3-1-2-4-15/h9-10,15,18H,1-8,11H2. The molecule has 1 heterocycles. The third kappa shape index (κ3) is 3.46. The lowest BCUT2D eigenvalue weighted by Gasteiger charge is -2.13. The van der Waals surface area contributed by atoms with Crippen LogP contribution in [0.2, 0.25) is 5.02 Å². The Kier molecular flexibility index (Phi) is 4.81. The molecule has 0 saturated heterocycles. The fourth-order valence-corrected chi connectivity index (χ4v) is 3.32. The van der Waals surface area contributed by atoms with Crippen molar-refractivity contribution in [1.29, 1.82) is 0 Å². The number of hydrogen-bond acceptors (Lipinski definition) is 3. The molecular formula is C16H22ClNO2. The largest absolute Gasteiger partial charge is 0.493 e. The van der Waals surface area contributed by atoms with E-state index in [1.54, 1.807) is 0 Å². The zero-order valence-corrected chi connectivity index (χ0v) is 12.5. The lowest BCUT2D eigenvalue weighted by Crippen LogP contribution is -2.22. The lowest BCUT2D eigenvalue weighted by molar-refractivity contribution is 0.0602. The minimum Gasteiger partial charge on any atom is -0.493 e. The van der Waals surface area contributed by atoms with E-state index in [0.717, 1.165) is 49.1 Å². The first-order chi connectivity index (χ1) is 9.83. The second-order valence-electron chi connectivity index (χ2n) is 5.61. The molecule has 0 amide bonds. The van der Waals surface area contributed by atoms with E-state index in [-0.39, 0.29) is 0 Å². The summed E-state index contributed by atoms with van der Waals surface area (Å²) in [5.74, 6) is 1.03. The molecule has 1 fully saturated rings. The quantitative estimate of drug-likeness (QED) is 0.817. The van der Waals surface area contributed by atoms with Gasteiger partial charge in [0.05, 0.1) is 19.3 Å². The molecule has 2 aliphatic rings. The number of hydrogen-bond donors (Lipinski definition) is 1. The molecule has 20 heavy (non-hydrogen) atoms. The van der Waals surface area contributed by atoms with Gasteiger partial charge in [0.15, 0.2) is 0 Å². The fraction of sp³-hybridized carbons (Fsp3) is 0.625. The highest BCUT2D eigenvalue weighted by Gasteiger charge is 2.17. The average Bonchev–Trinajstić information content (AvgIpc) is 3.08. The van der Waals surface area contributed by atoms with Crippen LogP contribution in [0.5, 0.6) is 5.75 Å². The molecular weight excluding hydrogens is 274 g/mol. The third-order valence-corrected chi connectivity index (χ3v) is 4.29. The van der Waals surface area contributed by atoms with Crippen molar-refractivity contribution in [3.63, 3.8) is 0 Å². The van der Waals surface area contributed by atoms with E-state index >= 15 is 0 Å². The molecule has 0 aromatic heterocycles. The number of ether oxygens (including phenoxy) is 2. The van der Waals surface area contributed by atoms with Gasteiger partial charge in [-0.1, -0.05) is 24.4 Å². The van der Waals surface area contributed by atoms with Crippen molar-refractivity contribution in [3.8, 4) is 5.75 Å². The Balaban J connectivity index is 1.44. The smallest absolute Gasteiger partial charge is 0.127 e. The van der Waals surface area contributed by atoms with Gasteiger partial charge in [0.1, 0.15) is 5.75 Å². The van der Waals surface area contributed by atoms with Crippen molar-refractivity contribution in [3.05, 3.63) is 28.3 Å². The van der Waals surface area contributed by atoms with Crippen molar-refractivity contribution in [2.75, 3.05) is 19.8 Å². The van der Waals surface area contributed by atoms with E-state index in [1.165, 1.54) is 31.2 Å². The Labute approximate surface area is 125 Å². The summed E-state index contributed by atoms with van der Waals surface area (Å²) in [6.07, 6.45) is 6.57. The highest BCUT2D eigenvalue weighted by atomic mass is 35.5. The van der Waals surface area contributed by atoms with E-state index in [4.69, 9.17) is 21.1 Å². The minimum atomic E-state index is 0.496. The van der Waals surface area contributed by atoms with Gasteiger partial charge in [-0.25, -0.2) is 0 Å². The first-order valence-corrected chi connectivity index (χ1v) is 7.97. The molecule has 1 aliphatic carbocycles. The number of fused-ring (bicyclic) bond motifs is 1. The zero-order chi connectivity index (χ0) is 13.8. The maximum atomic E-state index is 6.15. The number of benzene rings is 1. The van der Waals surface area contributed by atoms with E-state index in [2.05, 4.69) is 5.32 Å². The normalized spacial score (nSPS) is 18.2. The van der Waals surface area contributed by atoms with Crippen LogP contribution in [-0.2, 0) is 17.7 Å². The molecule has 1 aliphatic heterocycles. The minimum absolute atomic E-state index is 0.496. The molecule has 0 atom stereocenters. The van der Waals surface area contributed by atoms with Gasteiger partial charge < -0.3 is 14.8 Å². The van der Waals surface area contributed by atoms with Crippen molar-refractivity contribution in [1.82, 2.24) is 5.32 Å². The maximum absolute atomic E-state index is 6.15.